The van der Waals surface area contributed by atoms with Crippen LogP contribution in [0.1, 0.15) is 29.8 Å². The largest absolute Gasteiger partial charge is 0.461 e. The quantitative estimate of drug-likeness (QED) is 0.714. The van der Waals surface area contributed by atoms with Crippen molar-refractivity contribution in [1.82, 2.24) is 0 Å². The van der Waals surface area contributed by atoms with E-state index in [4.69, 9.17) is 10.2 Å². The highest BCUT2D eigenvalue weighted by molar-refractivity contribution is 5.93. The summed E-state index contributed by atoms with van der Waals surface area (Å²) in [6.07, 6.45) is 4.27. The normalized spacial score (nSPS) is 18.5. The van der Waals surface area contributed by atoms with Crippen molar-refractivity contribution >= 4 is 5.78 Å². The average Bonchev–Trinajstić information content (AvgIpc) is 2.81. The number of nitrogens with two attached hydrogens (primary N) is 1. The van der Waals surface area contributed by atoms with Crippen LogP contribution in [0.25, 0.3) is 0 Å². The fraction of sp³-hybridized carbons (Fsp3) is 0.500. The molecule has 70 valence electrons. The van der Waals surface area contributed by atoms with Gasteiger partial charge in [0.15, 0.2) is 11.5 Å². The van der Waals surface area contributed by atoms with Crippen LogP contribution in [0.15, 0.2) is 22.8 Å². The molecule has 0 radical (unpaired) electrons. The molecule has 1 aliphatic carbocycles. The van der Waals surface area contributed by atoms with E-state index in [1.807, 2.05) is 0 Å². The zero-order valence-electron chi connectivity index (χ0n) is 7.40. The van der Waals surface area contributed by atoms with Crippen molar-refractivity contribution in [2.75, 3.05) is 0 Å². The molecule has 0 amide bonds. The Hall–Kier alpha value is -1.09. The minimum absolute atomic E-state index is 0.0180. The van der Waals surface area contributed by atoms with Gasteiger partial charge < -0.3 is 10.2 Å². The maximum atomic E-state index is 11.5. The predicted molar refractivity (Wildman–Crippen MR) is 48.4 cm³/mol. The maximum absolute atomic E-state index is 11.5. The molecule has 13 heavy (non-hydrogen) atoms. The zero-order valence-corrected chi connectivity index (χ0v) is 7.40. The molecule has 0 aromatic carbocycles. The van der Waals surface area contributed by atoms with Gasteiger partial charge in [-0.1, -0.05) is 0 Å². The number of carbonyl (C=O) groups excluding carboxylic acids is 1. The molecule has 3 heteroatoms. The van der Waals surface area contributed by atoms with E-state index in [2.05, 4.69) is 0 Å². The average molecular weight is 179 g/mol. The third-order valence-corrected chi connectivity index (χ3v) is 2.44. The lowest BCUT2D eigenvalue weighted by Crippen LogP contribution is -2.25. The van der Waals surface area contributed by atoms with Crippen LogP contribution in [-0.2, 0) is 0 Å². The van der Waals surface area contributed by atoms with Crippen molar-refractivity contribution in [2.24, 2.45) is 11.7 Å². The van der Waals surface area contributed by atoms with Crippen LogP contribution < -0.4 is 5.73 Å². The molecule has 0 spiro atoms. The van der Waals surface area contributed by atoms with Gasteiger partial charge in [-0.05, 0) is 30.9 Å². The van der Waals surface area contributed by atoms with Crippen LogP contribution >= 0.6 is 0 Å². The van der Waals surface area contributed by atoms with Gasteiger partial charge in [0.1, 0.15) is 0 Å². The fourth-order valence-electron chi connectivity index (χ4n) is 1.44. The lowest BCUT2D eigenvalue weighted by Gasteiger charge is -2.06. The zero-order chi connectivity index (χ0) is 9.26. The van der Waals surface area contributed by atoms with Gasteiger partial charge in [0.2, 0.25) is 0 Å². The third kappa shape index (κ3) is 1.98. The molecule has 1 fully saturated rings. The molecular weight excluding hydrogens is 166 g/mol. The first-order valence-corrected chi connectivity index (χ1v) is 4.59. The SMILES string of the molecule is NC(CC(=O)c1ccco1)C1CC1. The van der Waals surface area contributed by atoms with Crippen molar-refractivity contribution < 1.29 is 9.21 Å². The third-order valence-electron chi connectivity index (χ3n) is 2.44. The summed E-state index contributed by atoms with van der Waals surface area (Å²) in [6.45, 7) is 0. The van der Waals surface area contributed by atoms with Crippen LogP contribution in [0.2, 0.25) is 0 Å². The standard InChI is InChI=1S/C10H13NO2/c11-8(7-3-4-7)6-9(12)10-2-1-5-13-10/h1-2,5,7-8H,3-4,6,11H2. The number of furan rings is 1. The van der Waals surface area contributed by atoms with Crippen molar-refractivity contribution in [3.05, 3.63) is 24.2 Å². The summed E-state index contributed by atoms with van der Waals surface area (Å²) < 4.78 is 4.99. The Morgan fingerprint density at radius 1 is 1.69 bits per heavy atom. The predicted octanol–water partition coefficient (Wildman–Crippen LogP) is 1.59. The molecule has 0 bridgehead atoms. The Bertz CT molecular complexity index is 288. The molecule has 1 aromatic heterocycles. The summed E-state index contributed by atoms with van der Waals surface area (Å²) in [6, 6.07) is 3.43. The van der Waals surface area contributed by atoms with Gasteiger partial charge >= 0.3 is 0 Å². The lowest BCUT2D eigenvalue weighted by atomic mass is 10.1. The minimum atomic E-state index is 0.0180. The molecule has 1 unspecified atom stereocenters. The van der Waals surface area contributed by atoms with E-state index < -0.39 is 0 Å². The fourth-order valence-corrected chi connectivity index (χ4v) is 1.44. The van der Waals surface area contributed by atoms with Gasteiger partial charge in [-0.25, -0.2) is 0 Å². The first-order valence-electron chi connectivity index (χ1n) is 4.59. The van der Waals surface area contributed by atoms with Gasteiger partial charge in [-0.3, -0.25) is 4.79 Å². The Kier molecular flexibility index (Phi) is 2.19. The van der Waals surface area contributed by atoms with E-state index >= 15 is 0 Å². The lowest BCUT2D eigenvalue weighted by molar-refractivity contribution is 0.0944. The van der Waals surface area contributed by atoms with Gasteiger partial charge in [0.05, 0.1) is 6.26 Å². The molecule has 0 aliphatic heterocycles. The summed E-state index contributed by atoms with van der Waals surface area (Å²) in [4.78, 5) is 11.5. The van der Waals surface area contributed by atoms with Gasteiger partial charge in [0, 0.05) is 12.5 Å². The molecular formula is C10H13NO2. The van der Waals surface area contributed by atoms with Crippen molar-refractivity contribution in [3.63, 3.8) is 0 Å². The Balaban J connectivity index is 1.91. The molecule has 0 saturated heterocycles. The van der Waals surface area contributed by atoms with E-state index in [1.54, 1.807) is 12.1 Å². The molecule has 1 heterocycles. The monoisotopic (exact) mass is 179 g/mol. The maximum Gasteiger partial charge on any atom is 0.199 e. The van der Waals surface area contributed by atoms with Crippen LogP contribution in [0, 0.1) is 5.92 Å². The summed E-state index contributed by atoms with van der Waals surface area (Å²) in [5.74, 6) is 1.01. The van der Waals surface area contributed by atoms with Crippen LogP contribution in [0.3, 0.4) is 0 Å². The molecule has 2 N–H and O–H groups in total. The number of ketones is 1. The second-order valence-corrected chi connectivity index (χ2v) is 3.61. The second-order valence-electron chi connectivity index (χ2n) is 3.61. The molecule has 1 aliphatic rings. The number of Topliss-reactive ketones (excluding diaryl/α,β-unsaturated/α-hetero) is 1. The van der Waals surface area contributed by atoms with E-state index in [1.165, 1.54) is 19.1 Å². The summed E-state index contributed by atoms with van der Waals surface area (Å²) >= 11 is 0. The topological polar surface area (TPSA) is 56.2 Å². The molecule has 1 saturated carbocycles. The minimum Gasteiger partial charge on any atom is -0.461 e. The number of rotatable bonds is 4. The molecule has 2 rings (SSSR count). The first kappa shape index (κ1) is 8.51. The van der Waals surface area contributed by atoms with Crippen LogP contribution in [0.4, 0.5) is 0 Å². The second kappa shape index (κ2) is 3.34. The summed E-state index contributed by atoms with van der Waals surface area (Å²) in [7, 11) is 0. The van der Waals surface area contributed by atoms with E-state index in [9.17, 15) is 4.79 Å². The van der Waals surface area contributed by atoms with E-state index in [-0.39, 0.29) is 11.8 Å². The Labute approximate surface area is 76.9 Å². The summed E-state index contributed by atoms with van der Waals surface area (Å²) in [5, 5.41) is 0. The van der Waals surface area contributed by atoms with Crippen molar-refractivity contribution in [1.29, 1.82) is 0 Å². The van der Waals surface area contributed by atoms with Gasteiger partial charge in [0.25, 0.3) is 0 Å². The molecule has 1 atom stereocenters. The Morgan fingerprint density at radius 2 is 2.46 bits per heavy atom. The van der Waals surface area contributed by atoms with Crippen molar-refractivity contribution in [2.45, 2.75) is 25.3 Å². The molecule has 3 nitrogen and oxygen atoms in total. The van der Waals surface area contributed by atoms with Crippen molar-refractivity contribution in [3.8, 4) is 0 Å². The smallest absolute Gasteiger partial charge is 0.199 e. The van der Waals surface area contributed by atoms with Gasteiger partial charge in [-0.15, -0.1) is 0 Å². The van der Waals surface area contributed by atoms with Crippen LogP contribution in [0.5, 0.6) is 0 Å². The van der Waals surface area contributed by atoms with E-state index in [0.717, 1.165) is 0 Å². The Morgan fingerprint density at radius 3 is 3.00 bits per heavy atom. The van der Waals surface area contributed by atoms with Crippen LogP contribution in [-0.4, -0.2) is 11.8 Å². The molecule has 1 aromatic rings. The summed E-state index contributed by atoms with van der Waals surface area (Å²) in [5.41, 5.74) is 5.82. The van der Waals surface area contributed by atoms with E-state index in [0.29, 0.717) is 18.1 Å². The highest BCUT2D eigenvalue weighted by Gasteiger charge is 2.30. The number of hydrogen-bond donors (Lipinski definition) is 1. The first-order chi connectivity index (χ1) is 6.27. The number of carbonyl (C=O) groups is 1. The highest BCUT2D eigenvalue weighted by atomic mass is 16.3. The highest BCUT2D eigenvalue weighted by Crippen LogP contribution is 2.33. The van der Waals surface area contributed by atoms with Gasteiger partial charge in [-0.2, -0.15) is 0 Å². The number of hydrogen-bond acceptors (Lipinski definition) is 3.